The predicted molar refractivity (Wildman–Crippen MR) is 190 cm³/mol. The molecular weight excluding hydrogens is 605 g/mol. The van der Waals surface area contributed by atoms with Gasteiger partial charge in [-0.1, -0.05) is 83.1 Å². The lowest BCUT2D eigenvalue weighted by Crippen LogP contribution is -2.28. The van der Waals surface area contributed by atoms with Crippen LogP contribution in [0, 0.1) is 53.4 Å². The molecule has 236 valence electrons. The highest BCUT2D eigenvalue weighted by molar-refractivity contribution is 7.12. The van der Waals surface area contributed by atoms with E-state index in [1.54, 1.807) is 22.7 Å². The molecule has 0 amide bonds. The van der Waals surface area contributed by atoms with E-state index in [4.69, 9.17) is 0 Å². The SMILES string of the molecule is CC(C)(C)C1=CC(=c2cc3c(s2)=c2sc(=C4C=C(C(C)(C)C)C(=O)C(C(C)(C)C)=C4)cc2C3=C(C#N)C#N)C=C(C(C)(C)C)C1=O. The largest absolute Gasteiger partial charge is 0.289 e. The Morgan fingerprint density at radius 2 is 0.826 bits per heavy atom. The molecule has 2 aromatic rings. The molecular formula is C40H42N2O2S2. The fourth-order valence-electron chi connectivity index (χ4n) is 6.10. The Kier molecular flexibility index (Phi) is 7.92. The van der Waals surface area contributed by atoms with Crippen molar-refractivity contribution >= 4 is 51.0 Å². The molecule has 3 aliphatic carbocycles. The van der Waals surface area contributed by atoms with Crippen LogP contribution in [0.2, 0.25) is 0 Å². The van der Waals surface area contributed by atoms with Gasteiger partial charge >= 0.3 is 0 Å². The van der Waals surface area contributed by atoms with Crippen molar-refractivity contribution < 1.29 is 9.59 Å². The molecule has 0 radical (unpaired) electrons. The van der Waals surface area contributed by atoms with Crippen LogP contribution >= 0.6 is 22.7 Å². The average Bonchev–Trinajstić information content (AvgIpc) is 3.59. The number of carbonyl (C=O) groups excluding carboxylic acids is 2. The zero-order chi connectivity index (χ0) is 34.3. The first-order valence-corrected chi connectivity index (χ1v) is 17.3. The molecule has 0 N–H and O–H groups in total. The highest BCUT2D eigenvalue weighted by Gasteiger charge is 2.36. The predicted octanol–water partition coefficient (Wildman–Crippen LogP) is 8.62. The van der Waals surface area contributed by atoms with Gasteiger partial charge < -0.3 is 0 Å². The molecule has 6 heteroatoms. The summed E-state index contributed by atoms with van der Waals surface area (Å²) in [6, 6.07) is 8.46. The summed E-state index contributed by atoms with van der Waals surface area (Å²) in [7, 11) is 0. The van der Waals surface area contributed by atoms with Gasteiger partial charge in [0.2, 0.25) is 0 Å². The smallest absolute Gasteiger partial charge is 0.186 e. The minimum atomic E-state index is -0.333. The second-order valence-electron chi connectivity index (χ2n) is 16.5. The van der Waals surface area contributed by atoms with Crippen LogP contribution in [0.15, 0.2) is 64.3 Å². The molecule has 0 saturated carbocycles. The summed E-state index contributed by atoms with van der Waals surface area (Å²) in [4.78, 5) is 27.2. The van der Waals surface area contributed by atoms with Gasteiger partial charge in [-0.2, -0.15) is 10.5 Å². The van der Waals surface area contributed by atoms with E-state index in [1.165, 1.54) is 0 Å². The molecule has 0 spiro atoms. The van der Waals surface area contributed by atoms with Crippen LogP contribution in [-0.2, 0) is 9.59 Å². The third-order valence-electron chi connectivity index (χ3n) is 8.66. The van der Waals surface area contributed by atoms with E-state index >= 15 is 0 Å². The highest BCUT2D eigenvalue weighted by atomic mass is 32.1. The number of rotatable bonds is 0. The first kappa shape index (κ1) is 33.5. The number of fused-ring (bicyclic) bond motifs is 2. The van der Waals surface area contributed by atoms with Crippen LogP contribution in [0.3, 0.4) is 0 Å². The number of thiophene rings is 2. The molecule has 0 fully saturated rings. The molecule has 46 heavy (non-hydrogen) atoms. The van der Waals surface area contributed by atoms with Gasteiger partial charge in [0.05, 0.1) is 9.06 Å². The zero-order valence-electron chi connectivity index (χ0n) is 29.0. The molecule has 0 atom stereocenters. The maximum atomic E-state index is 13.6. The Labute approximate surface area is 280 Å². The third-order valence-corrected chi connectivity index (χ3v) is 11.2. The Bertz CT molecular complexity index is 1990. The Balaban J connectivity index is 1.93. The molecule has 0 aromatic carbocycles. The number of nitrogens with zero attached hydrogens (tertiary/aromatic N) is 2. The molecule has 0 unspecified atom stereocenters. The summed E-state index contributed by atoms with van der Waals surface area (Å²) in [5, 5.41) is 20.1. The van der Waals surface area contributed by atoms with Crippen LogP contribution in [0.25, 0.3) is 16.7 Å². The van der Waals surface area contributed by atoms with Crippen molar-refractivity contribution in [3.8, 4) is 12.1 Å². The van der Waals surface area contributed by atoms with E-state index in [2.05, 4.69) is 107 Å². The number of allylic oxidation sites excluding steroid dienone is 9. The Morgan fingerprint density at radius 1 is 0.543 bits per heavy atom. The van der Waals surface area contributed by atoms with Crippen molar-refractivity contribution in [2.45, 2.75) is 83.1 Å². The van der Waals surface area contributed by atoms with E-state index in [9.17, 15) is 20.1 Å². The third kappa shape index (κ3) is 5.68. The lowest BCUT2D eigenvalue weighted by Gasteiger charge is -2.31. The normalized spacial score (nSPS) is 17.1. The standard InChI is InChI=1S/C40H42N2O2S2/c1-37(2,3)26-13-21(14-27(33(26)43)38(4,5)6)30-17-24-32(23(19-41)20-42)25-18-31(46-36(25)35(24)45-30)22-15-28(39(7,8)9)34(44)29(16-22)40(10,11)12/h13-18H,1-12H3. The topological polar surface area (TPSA) is 81.7 Å². The van der Waals surface area contributed by atoms with Crippen LogP contribution in [-0.4, -0.2) is 11.6 Å². The van der Waals surface area contributed by atoms with Crippen molar-refractivity contribution in [2.24, 2.45) is 21.7 Å². The Morgan fingerprint density at radius 3 is 1.07 bits per heavy atom. The molecule has 5 rings (SSSR count). The van der Waals surface area contributed by atoms with Crippen LogP contribution < -0.4 is 9.06 Å². The van der Waals surface area contributed by atoms with E-state index in [-0.39, 0.29) is 38.8 Å². The number of ketones is 2. The first-order chi connectivity index (χ1) is 21.1. The van der Waals surface area contributed by atoms with Crippen molar-refractivity contribution in [1.29, 1.82) is 10.5 Å². The quantitative estimate of drug-likeness (QED) is 0.229. The number of nitriles is 2. The number of Topliss-reactive ketones (excluding diaryl/α,β-unsaturated/α-hetero) is 2. The fourth-order valence-corrected chi connectivity index (χ4v) is 8.56. The van der Waals surface area contributed by atoms with Gasteiger partial charge in [0.25, 0.3) is 0 Å². The van der Waals surface area contributed by atoms with E-state index in [0.717, 1.165) is 62.7 Å². The van der Waals surface area contributed by atoms with Crippen LogP contribution in [0.5, 0.6) is 0 Å². The summed E-state index contributed by atoms with van der Waals surface area (Å²) >= 11 is 3.27. The number of carbonyl (C=O) groups is 2. The van der Waals surface area contributed by atoms with Gasteiger partial charge in [0.1, 0.15) is 17.7 Å². The molecule has 2 aromatic heterocycles. The number of hydrogen-bond donors (Lipinski definition) is 0. The van der Waals surface area contributed by atoms with Gasteiger partial charge in [0.15, 0.2) is 11.6 Å². The summed E-state index contributed by atoms with van der Waals surface area (Å²) < 4.78 is 4.03. The lowest BCUT2D eigenvalue weighted by atomic mass is 9.72. The minimum Gasteiger partial charge on any atom is -0.289 e. The van der Waals surface area contributed by atoms with Crippen molar-refractivity contribution in [3.63, 3.8) is 0 Å². The van der Waals surface area contributed by atoms with E-state index in [1.807, 2.05) is 24.3 Å². The fraction of sp³-hybridized carbons (Fsp3) is 0.400. The molecule has 0 aliphatic heterocycles. The summed E-state index contributed by atoms with van der Waals surface area (Å²) in [6.45, 7) is 24.8. The van der Waals surface area contributed by atoms with Crippen molar-refractivity contribution in [1.82, 2.24) is 0 Å². The summed E-state index contributed by atoms with van der Waals surface area (Å²) in [5.74, 6) is 0.173. The molecule has 4 nitrogen and oxygen atoms in total. The molecule has 3 aliphatic rings. The van der Waals surface area contributed by atoms with Crippen molar-refractivity contribution in [3.05, 3.63) is 93.6 Å². The van der Waals surface area contributed by atoms with Gasteiger partial charge in [0, 0.05) is 48.1 Å². The van der Waals surface area contributed by atoms with E-state index in [0.29, 0.717) is 5.57 Å². The van der Waals surface area contributed by atoms with Gasteiger partial charge in [-0.25, -0.2) is 0 Å². The molecule has 2 heterocycles. The molecule has 0 saturated heterocycles. The summed E-state index contributed by atoms with van der Waals surface area (Å²) in [5.41, 5.74) is 6.21. The van der Waals surface area contributed by atoms with Crippen LogP contribution in [0.1, 0.15) is 94.2 Å². The zero-order valence-corrected chi connectivity index (χ0v) is 30.6. The second kappa shape index (κ2) is 10.9. The monoisotopic (exact) mass is 646 g/mol. The average molecular weight is 647 g/mol. The summed E-state index contributed by atoms with van der Waals surface area (Å²) in [6.07, 6.45) is 8.07. The van der Waals surface area contributed by atoms with E-state index < -0.39 is 0 Å². The minimum absolute atomic E-state index is 0.0787. The van der Waals surface area contributed by atoms with Crippen LogP contribution in [0.4, 0.5) is 0 Å². The maximum absolute atomic E-state index is 13.6. The Hall–Kier alpha value is -3.84. The molecule has 0 bridgehead atoms. The first-order valence-electron chi connectivity index (χ1n) is 15.6. The van der Waals surface area contributed by atoms with Gasteiger partial charge in [-0.3, -0.25) is 9.59 Å². The van der Waals surface area contributed by atoms with Crippen molar-refractivity contribution in [2.75, 3.05) is 0 Å². The van der Waals surface area contributed by atoms with Gasteiger partial charge in [-0.05, 0) is 69.2 Å². The second-order valence-corrected chi connectivity index (χ2v) is 18.6. The number of hydrogen-bond acceptors (Lipinski definition) is 6. The maximum Gasteiger partial charge on any atom is 0.186 e. The highest BCUT2D eigenvalue weighted by Crippen LogP contribution is 2.42. The van der Waals surface area contributed by atoms with Gasteiger partial charge in [-0.15, -0.1) is 22.7 Å². The lowest BCUT2D eigenvalue weighted by molar-refractivity contribution is -0.114.